The summed E-state index contributed by atoms with van der Waals surface area (Å²) in [6.07, 6.45) is 3.81. The minimum atomic E-state index is 0.0927. The second kappa shape index (κ2) is 7.49. The van der Waals surface area contributed by atoms with Crippen molar-refractivity contribution >= 4 is 11.7 Å². The Morgan fingerprint density at radius 3 is 2.75 bits per heavy atom. The molecule has 2 atom stereocenters. The maximum absolute atomic E-state index is 13.0. The van der Waals surface area contributed by atoms with E-state index in [0.717, 1.165) is 56.9 Å². The number of amides is 1. The molecule has 2 aliphatic heterocycles. The van der Waals surface area contributed by atoms with Crippen molar-refractivity contribution in [3.8, 4) is 0 Å². The van der Waals surface area contributed by atoms with Crippen molar-refractivity contribution in [1.29, 1.82) is 0 Å². The quantitative estimate of drug-likeness (QED) is 0.896. The zero-order valence-corrected chi connectivity index (χ0v) is 14.8. The third-order valence-electron chi connectivity index (χ3n) is 5.33. The molecule has 0 radical (unpaired) electrons. The van der Waals surface area contributed by atoms with Crippen LogP contribution < -0.4 is 10.6 Å². The maximum Gasteiger partial charge on any atom is 0.254 e. The third kappa shape index (κ3) is 3.70. The van der Waals surface area contributed by atoms with E-state index in [0.29, 0.717) is 12.5 Å². The fourth-order valence-corrected chi connectivity index (χ4v) is 3.67. The molecule has 0 bridgehead atoms. The molecule has 1 aromatic heterocycles. The molecular weight excluding hydrogens is 302 g/mol. The van der Waals surface area contributed by atoms with E-state index in [-0.39, 0.29) is 11.9 Å². The summed E-state index contributed by atoms with van der Waals surface area (Å²) >= 11 is 0. The van der Waals surface area contributed by atoms with Gasteiger partial charge in [0.15, 0.2) is 0 Å². The molecule has 6 nitrogen and oxygen atoms in total. The van der Waals surface area contributed by atoms with E-state index in [4.69, 9.17) is 5.73 Å². The number of rotatable bonds is 3. The van der Waals surface area contributed by atoms with Crippen LogP contribution in [0.25, 0.3) is 0 Å². The number of hydrogen-bond donors (Lipinski definition) is 1. The van der Waals surface area contributed by atoms with Crippen LogP contribution in [0.15, 0.2) is 18.3 Å². The number of aromatic nitrogens is 1. The van der Waals surface area contributed by atoms with Crippen LogP contribution in [0.3, 0.4) is 0 Å². The number of hydrogen-bond acceptors (Lipinski definition) is 5. The fourth-order valence-electron chi connectivity index (χ4n) is 3.67. The molecule has 132 valence electrons. The van der Waals surface area contributed by atoms with E-state index in [9.17, 15) is 4.79 Å². The first-order valence-corrected chi connectivity index (χ1v) is 8.99. The minimum Gasteiger partial charge on any atom is -0.354 e. The summed E-state index contributed by atoms with van der Waals surface area (Å²) in [5.41, 5.74) is 6.64. The van der Waals surface area contributed by atoms with Gasteiger partial charge in [0, 0.05) is 57.1 Å². The van der Waals surface area contributed by atoms with Crippen LogP contribution in [-0.4, -0.2) is 73.0 Å². The van der Waals surface area contributed by atoms with Gasteiger partial charge in [-0.15, -0.1) is 0 Å². The van der Waals surface area contributed by atoms with E-state index in [1.165, 1.54) is 0 Å². The summed E-state index contributed by atoms with van der Waals surface area (Å²) in [4.78, 5) is 24.0. The zero-order chi connectivity index (χ0) is 17.1. The molecule has 2 saturated heterocycles. The fraction of sp³-hybridized carbons (Fsp3) is 0.667. The third-order valence-corrected chi connectivity index (χ3v) is 5.33. The van der Waals surface area contributed by atoms with Crippen LogP contribution >= 0.6 is 0 Å². The largest absolute Gasteiger partial charge is 0.354 e. The summed E-state index contributed by atoms with van der Waals surface area (Å²) in [6.45, 7) is 7.53. The average Bonchev–Trinajstić information content (AvgIpc) is 2.61. The number of carbonyl (C=O) groups is 1. The van der Waals surface area contributed by atoms with Gasteiger partial charge in [0.2, 0.25) is 0 Å². The van der Waals surface area contributed by atoms with Crippen LogP contribution in [0.5, 0.6) is 0 Å². The van der Waals surface area contributed by atoms with Gasteiger partial charge in [0.25, 0.3) is 5.91 Å². The Labute approximate surface area is 144 Å². The first kappa shape index (κ1) is 17.2. The molecule has 0 saturated carbocycles. The predicted molar refractivity (Wildman–Crippen MR) is 96.2 cm³/mol. The first-order valence-electron chi connectivity index (χ1n) is 8.99. The van der Waals surface area contributed by atoms with Gasteiger partial charge < -0.3 is 20.4 Å². The molecule has 0 aliphatic carbocycles. The Morgan fingerprint density at radius 1 is 1.29 bits per heavy atom. The van der Waals surface area contributed by atoms with Crippen molar-refractivity contribution in [3.05, 3.63) is 23.9 Å². The Hall–Kier alpha value is -1.66. The second-order valence-electron chi connectivity index (χ2n) is 7.21. The summed E-state index contributed by atoms with van der Waals surface area (Å²) in [5, 5.41) is 0. The summed E-state index contributed by atoms with van der Waals surface area (Å²) in [6, 6.07) is 3.92. The van der Waals surface area contributed by atoms with Crippen molar-refractivity contribution in [2.45, 2.75) is 25.8 Å². The first-order chi connectivity index (χ1) is 11.6. The van der Waals surface area contributed by atoms with Crippen molar-refractivity contribution in [2.75, 3.05) is 51.2 Å². The molecular formula is C18H29N5O. The summed E-state index contributed by atoms with van der Waals surface area (Å²) < 4.78 is 0. The smallest absolute Gasteiger partial charge is 0.254 e. The highest BCUT2D eigenvalue weighted by Gasteiger charge is 2.30. The number of piperazine rings is 1. The van der Waals surface area contributed by atoms with Crippen LogP contribution in [0.1, 0.15) is 30.1 Å². The standard InChI is InChI=1S/C18H29N5O/c1-14-4-6-23(16(11-14)13-19)18(24)15-3-5-20-17(12-15)22-9-7-21(2)8-10-22/h3,5,12,14,16H,4,6-11,13,19H2,1-2H3. The van der Waals surface area contributed by atoms with E-state index in [1.54, 1.807) is 6.20 Å². The lowest BCUT2D eigenvalue weighted by atomic mass is 9.92. The normalized spacial score (nSPS) is 25.8. The Morgan fingerprint density at radius 2 is 2.04 bits per heavy atom. The van der Waals surface area contributed by atoms with Gasteiger partial charge in [0.1, 0.15) is 5.82 Å². The van der Waals surface area contributed by atoms with Gasteiger partial charge in [-0.3, -0.25) is 4.79 Å². The minimum absolute atomic E-state index is 0.0927. The molecule has 2 N–H and O–H groups in total. The average molecular weight is 331 g/mol. The highest BCUT2D eigenvalue weighted by Crippen LogP contribution is 2.24. The molecule has 1 amide bonds. The maximum atomic E-state index is 13.0. The molecule has 6 heteroatoms. The van der Waals surface area contributed by atoms with Gasteiger partial charge in [-0.1, -0.05) is 6.92 Å². The lowest BCUT2D eigenvalue weighted by molar-refractivity contribution is 0.0573. The van der Waals surface area contributed by atoms with Gasteiger partial charge >= 0.3 is 0 Å². The molecule has 0 spiro atoms. The highest BCUT2D eigenvalue weighted by molar-refractivity contribution is 5.95. The van der Waals surface area contributed by atoms with Crippen molar-refractivity contribution in [3.63, 3.8) is 0 Å². The van der Waals surface area contributed by atoms with Crippen molar-refractivity contribution < 1.29 is 4.79 Å². The number of nitrogens with two attached hydrogens (primary N) is 1. The molecule has 3 rings (SSSR count). The van der Waals surface area contributed by atoms with E-state index >= 15 is 0 Å². The molecule has 0 aromatic carbocycles. The SMILES string of the molecule is CC1CCN(C(=O)c2ccnc(N3CCN(C)CC3)c2)C(CN)C1. The lowest BCUT2D eigenvalue weighted by Crippen LogP contribution is -2.49. The molecule has 24 heavy (non-hydrogen) atoms. The number of likely N-dealkylation sites (tertiary alicyclic amines) is 1. The van der Waals surface area contributed by atoms with Crippen LogP contribution in [0, 0.1) is 5.92 Å². The predicted octanol–water partition coefficient (Wildman–Crippen LogP) is 1.03. The topological polar surface area (TPSA) is 65.7 Å². The Bertz CT molecular complexity index is 570. The van der Waals surface area contributed by atoms with Crippen LogP contribution in [0.4, 0.5) is 5.82 Å². The van der Waals surface area contributed by atoms with Crippen molar-refractivity contribution in [2.24, 2.45) is 11.7 Å². The number of likely N-dealkylation sites (N-methyl/N-ethyl adjacent to an activating group) is 1. The summed E-state index contributed by atoms with van der Waals surface area (Å²) in [5.74, 6) is 1.64. The van der Waals surface area contributed by atoms with Gasteiger partial charge in [-0.25, -0.2) is 4.98 Å². The summed E-state index contributed by atoms with van der Waals surface area (Å²) in [7, 11) is 2.13. The van der Waals surface area contributed by atoms with Gasteiger partial charge in [-0.05, 0) is 37.9 Å². The number of nitrogens with zero attached hydrogens (tertiary/aromatic N) is 4. The number of carbonyl (C=O) groups excluding carboxylic acids is 1. The lowest BCUT2D eigenvalue weighted by Gasteiger charge is -2.38. The highest BCUT2D eigenvalue weighted by atomic mass is 16.2. The molecule has 2 fully saturated rings. The number of pyridine rings is 1. The van der Waals surface area contributed by atoms with Crippen LogP contribution in [-0.2, 0) is 0 Å². The molecule has 2 unspecified atom stereocenters. The zero-order valence-electron chi connectivity index (χ0n) is 14.8. The molecule has 3 heterocycles. The van der Waals surface area contributed by atoms with E-state index < -0.39 is 0 Å². The van der Waals surface area contributed by atoms with Gasteiger partial charge in [0.05, 0.1) is 0 Å². The Balaban J connectivity index is 1.74. The number of anilines is 1. The molecule has 1 aromatic rings. The monoisotopic (exact) mass is 331 g/mol. The van der Waals surface area contributed by atoms with E-state index in [2.05, 4.69) is 28.8 Å². The van der Waals surface area contributed by atoms with Crippen LogP contribution in [0.2, 0.25) is 0 Å². The molecule has 2 aliphatic rings. The van der Waals surface area contributed by atoms with E-state index in [1.807, 2.05) is 17.0 Å². The second-order valence-corrected chi connectivity index (χ2v) is 7.21. The van der Waals surface area contributed by atoms with Crippen molar-refractivity contribution in [1.82, 2.24) is 14.8 Å². The van der Waals surface area contributed by atoms with Gasteiger partial charge in [-0.2, -0.15) is 0 Å². The number of piperidine rings is 1. The Kier molecular flexibility index (Phi) is 5.36.